The van der Waals surface area contributed by atoms with Gasteiger partial charge in [-0.15, -0.1) is 0 Å². The van der Waals surface area contributed by atoms with E-state index in [0.717, 1.165) is 35.4 Å². The lowest BCUT2D eigenvalue weighted by atomic mass is 9.78. The van der Waals surface area contributed by atoms with Crippen molar-refractivity contribution in [1.29, 1.82) is 0 Å². The SMILES string of the molecule is CC(C)[C@H](N[C@@H]1C[C@H]2C[C@H]1[C@@H]1CCC[C@H]21)c1nc(C2CC2)no1. The quantitative estimate of drug-likeness (QED) is 0.890. The zero-order chi connectivity index (χ0) is 15.6. The minimum Gasteiger partial charge on any atom is -0.338 e. The lowest BCUT2D eigenvalue weighted by Gasteiger charge is -2.35. The van der Waals surface area contributed by atoms with Crippen molar-refractivity contribution in [2.24, 2.45) is 29.6 Å². The fourth-order valence-electron chi connectivity index (χ4n) is 5.92. The van der Waals surface area contributed by atoms with E-state index in [-0.39, 0.29) is 6.04 Å². The third kappa shape index (κ3) is 2.36. The Hall–Kier alpha value is -0.900. The van der Waals surface area contributed by atoms with Gasteiger partial charge in [-0.3, -0.25) is 0 Å². The molecule has 126 valence electrons. The van der Waals surface area contributed by atoms with Gasteiger partial charge in [-0.25, -0.2) is 0 Å². The van der Waals surface area contributed by atoms with Gasteiger partial charge < -0.3 is 9.84 Å². The highest BCUT2D eigenvalue weighted by molar-refractivity contribution is 5.09. The minimum absolute atomic E-state index is 0.221. The van der Waals surface area contributed by atoms with E-state index in [2.05, 4.69) is 24.3 Å². The fourth-order valence-corrected chi connectivity index (χ4v) is 5.92. The van der Waals surface area contributed by atoms with Crippen molar-refractivity contribution in [2.45, 2.75) is 76.8 Å². The molecule has 4 aliphatic rings. The molecule has 4 aliphatic carbocycles. The van der Waals surface area contributed by atoms with E-state index >= 15 is 0 Å². The Morgan fingerprint density at radius 1 is 1.04 bits per heavy atom. The van der Waals surface area contributed by atoms with Crippen molar-refractivity contribution in [1.82, 2.24) is 15.5 Å². The third-order valence-electron chi connectivity index (χ3n) is 7.16. The first kappa shape index (κ1) is 14.4. The summed E-state index contributed by atoms with van der Waals surface area (Å²) in [5.74, 6) is 6.78. The van der Waals surface area contributed by atoms with Gasteiger partial charge in [0.25, 0.3) is 0 Å². The monoisotopic (exact) mass is 315 g/mol. The molecule has 1 aromatic rings. The Kier molecular flexibility index (Phi) is 3.33. The molecule has 1 heterocycles. The van der Waals surface area contributed by atoms with E-state index in [9.17, 15) is 0 Å². The Morgan fingerprint density at radius 2 is 1.87 bits per heavy atom. The normalized spacial score (nSPS) is 40.0. The van der Waals surface area contributed by atoms with Crippen LogP contribution in [0.2, 0.25) is 0 Å². The molecule has 4 heteroatoms. The van der Waals surface area contributed by atoms with Gasteiger partial charge in [-0.1, -0.05) is 25.4 Å². The molecule has 0 aromatic carbocycles. The lowest BCUT2D eigenvalue weighted by Crippen LogP contribution is -2.42. The molecule has 0 amide bonds. The Labute approximate surface area is 138 Å². The molecular formula is C19H29N3O. The summed E-state index contributed by atoms with van der Waals surface area (Å²) in [6.07, 6.45) is 9.75. The topological polar surface area (TPSA) is 51.0 Å². The van der Waals surface area contributed by atoms with Crippen LogP contribution >= 0.6 is 0 Å². The lowest BCUT2D eigenvalue weighted by molar-refractivity contribution is 0.175. The van der Waals surface area contributed by atoms with E-state index in [1.165, 1.54) is 44.9 Å². The van der Waals surface area contributed by atoms with Gasteiger partial charge in [0.05, 0.1) is 6.04 Å². The van der Waals surface area contributed by atoms with Crippen molar-refractivity contribution >= 4 is 0 Å². The van der Waals surface area contributed by atoms with Crippen LogP contribution in [0.4, 0.5) is 0 Å². The second-order valence-corrected chi connectivity index (χ2v) is 8.91. The summed E-state index contributed by atoms with van der Waals surface area (Å²) in [7, 11) is 0. The minimum atomic E-state index is 0.221. The molecule has 23 heavy (non-hydrogen) atoms. The number of hydrogen-bond donors (Lipinski definition) is 1. The van der Waals surface area contributed by atoms with Crippen LogP contribution in [0.5, 0.6) is 0 Å². The van der Waals surface area contributed by atoms with Gasteiger partial charge in [0, 0.05) is 12.0 Å². The van der Waals surface area contributed by atoms with E-state index in [1.54, 1.807) is 0 Å². The first-order valence-corrected chi connectivity index (χ1v) is 9.80. The number of nitrogens with zero attached hydrogens (tertiary/aromatic N) is 2. The van der Waals surface area contributed by atoms with Crippen molar-refractivity contribution < 1.29 is 4.52 Å². The van der Waals surface area contributed by atoms with Crippen LogP contribution < -0.4 is 5.32 Å². The van der Waals surface area contributed by atoms with Crippen LogP contribution in [0.15, 0.2) is 4.52 Å². The maximum atomic E-state index is 5.64. The van der Waals surface area contributed by atoms with Crippen molar-refractivity contribution in [2.75, 3.05) is 0 Å². The fraction of sp³-hybridized carbons (Fsp3) is 0.895. The number of fused-ring (bicyclic) bond motifs is 5. The van der Waals surface area contributed by atoms with Crippen LogP contribution in [0.25, 0.3) is 0 Å². The molecule has 4 nitrogen and oxygen atoms in total. The van der Waals surface area contributed by atoms with Crippen molar-refractivity contribution in [3.05, 3.63) is 11.7 Å². The molecule has 4 saturated carbocycles. The van der Waals surface area contributed by atoms with Gasteiger partial charge >= 0.3 is 0 Å². The Morgan fingerprint density at radius 3 is 2.65 bits per heavy atom. The standard InChI is InChI=1S/C19H29N3O/c1-10(2)17(19-21-18(22-23-19)11-6-7-11)20-16-9-12-8-15(16)14-5-3-4-13(12)14/h10-17,20H,3-9H2,1-2H3/t12-,13-,14-,15+,16-,17+/m1/s1. The Bertz CT molecular complexity index is 579. The first-order valence-electron chi connectivity index (χ1n) is 9.80. The number of nitrogens with one attached hydrogen (secondary N) is 1. The summed E-state index contributed by atoms with van der Waals surface area (Å²) in [5.41, 5.74) is 0. The maximum Gasteiger partial charge on any atom is 0.244 e. The van der Waals surface area contributed by atoms with Gasteiger partial charge in [-0.2, -0.15) is 4.98 Å². The van der Waals surface area contributed by atoms with Gasteiger partial charge in [0.2, 0.25) is 5.89 Å². The number of rotatable bonds is 5. The molecule has 0 spiro atoms. The smallest absolute Gasteiger partial charge is 0.244 e. The van der Waals surface area contributed by atoms with Crippen LogP contribution in [-0.2, 0) is 0 Å². The second-order valence-electron chi connectivity index (χ2n) is 8.91. The zero-order valence-corrected chi connectivity index (χ0v) is 14.4. The van der Waals surface area contributed by atoms with Gasteiger partial charge in [-0.05, 0) is 68.1 Å². The number of hydrogen-bond acceptors (Lipinski definition) is 4. The average molecular weight is 315 g/mol. The van der Waals surface area contributed by atoms with Crippen LogP contribution in [0.3, 0.4) is 0 Å². The first-order chi connectivity index (χ1) is 11.2. The largest absolute Gasteiger partial charge is 0.338 e. The molecule has 0 radical (unpaired) electrons. The number of aromatic nitrogens is 2. The van der Waals surface area contributed by atoms with Crippen molar-refractivity contribution in [3.8, 4) is 0 Å². The van der Waals surface area contributed by atoms with Crippen LogP contribution in [-0.4, -0.2) is 16.2 Å². The summed E-state index contributed by atoms with van der Waals surface area (Å²) in [6.45, 7) is 4.54. The molecule has 0 unspecified atom stereocenters. The van der Waals surface area contributed by atoms with Crippen LogP contribution in [0, 0.1) is 29.6 Å². The second kappa shape index (κ2) is 5.30. The average Bonchev–Trinajstić information content (AvgIpc) is 2.97. The van der Waals surface area contributed by atoms with E-state index in [1.807, 2.05) is 0 Å². The van der Waals surface area contributed by atoms with Crippen LogP contribution in [0.1, 0.15) is 82.5 Å². The summed E-state index contributed by atoms with van der Waals surface area (Å²) in [4.78, 5) is 4.72. The van der Waals surface area contributed by atoms with Gasteiger partial charge in [0.1, 0.15) is 0 Å². The summed E-state index contributed by atoms with van der Waals surface area (Å²) < 4.78 is 5.64. The molecule has 1 N–H and O–H groups in total. The van der Waals surface area contributed by atoms with Crippen molar-refractivity contribution in [3.63, 3.8) is 0 Å². The predicted octanol–water partition coefficient (Wildman–Crippen LogP) is 4.06. The van der Waals surface area contributed by atoms with E-state index in [0.29, 0.717) is 17.9 Å². The highest BCUT2D eigenvalue weighted by Gasteiger charge is 2.54. The van der Waals surface area contributed by atoms with Gasteiger partial charge in [0.15, 0.2) is 5.82 Å². The maximum absolute atomic E-state index is 5.64. The van der Waals surface area contributed by atoms with E-state index < -0.39 is 0 Å². The zero-order valence-electron chi connectivity index (χ0n) is 14.4. The predicted molar refractivity (Wildman–Crippen MR) is 87.8 cm³/mol. The summed E-state index contributed by atoms with van der Waals surface area (Å²) >= 11 is 0. The van der Waals surface area contributed by atoms with E-state index in [4.69, 9.17) is 9.51 Å². The molecule has 2 bridgehead atoms. The summed E-state index contributed by atoms with van der Waals surface area (Å²) in [5, 5.41) is 8.18. The highest BCUT2D eigenvalue weighted by Crippen LogP contribution is 2.59. The molecule has 0 saturated heterocycles. The molecule has 5 rings (SSSR count). The highest BCUT2D eigenvalue weighted by atomic mass is 16.5. The Balaban J connectivity index is 1.32. The molecular weight excluding hydrogens is 286 g/mol. The molecule has 1 aromatic heterocycles. The molecule has 6 atom stereocenters. The summed E-state index contributed by atoms with van der Waals surface area (Å²) in [6, 6.07) is 0.891. The third-order valence-corrected chi connectivity index (χ3v) is 7.16. The molecule has 0 aliphatic heterocycles. The molecule has 4 fully saturated rings.